The summed E-state index contributed by atoms with van der Waals surface area (Å²) in [6, 6.07) is 4.49. The predicted octanol–water partition coefficient (Wildman–Crippen LogP) is 1.14. The first kappa shape index (κ1) is 16.9. The topological polar surface area (TPSA) is 89.7 Å². The summed E-state index contributed by atoms with van der Waals surface area (Å²) < 4.78 is 32.3. The lowest BCUT2D eigenvalue weighted by Gasteiger charge is -2.23. The molecule has 2 rings (SSSR count). The average molecular weight is 326 g/mol. The number of benzene rings is 1. The van der Waals surface area contributed by atoms with Gasteiger partial charge in [0, 0.05) is 25.3 Å². The largest absolute Gasteiger partial charge is 0.381 e. The second kappa shape index (κ2) is 6.76. The number of rotatable bonds is 6. The summed E-state index contributed by atoms with van der Waals surface area (Å²) in [5.74, 6) is -0.405. The summed E-state index contributed by atoms with van der Waals surface area (Å²) in [6.07, 6.45) is 0.868. The first-order chi connectivity index (χ1) is 10.4. The van der Waals surface area contributed by atoms with Gasteiger partial charge in [0.2, 0.25) is 15.9 Å². The molecule has 2 N–H and O–H groups in total. The van der Waals surface area contributed by atoms with E-state index in [1.165, 1.54) is 16.4 Å². The van der Waals surface area contributed by atoms with E-state index in [1.807, 2.05) is 0 Å². The molecule has 0 radical (unpaired) electrons. The summed E-state index contributed by atoms with van der Waals surface area (Å²) in [5, 5.41) is 0. The van der Waals surface area contributed by atoms with Crippen molar-refractivity contribution in [2.24, 2.45) is 11.7 Å². The Morgan fingerprint density at radius 2 is 2.18 bits per heavy atom. The first-order valence-electron chi connectivity index (χ1n) is 7.34. The molecule has 1 fully saturated rings. The number of primary amides is 1. The van der Waals surface area contributed by atoms with Crippen molar-refractivity contribution in [1.82, 2.24) is 4.31 Å². The third-order valence-corrected chi connectivity index (χ3v) is 5.89. The van der Waals surface area contributed by atoms with E-state index >= 15 is 0 Å². The molecule has 0 bridgehead atoms. The van der Waals surface area contributed by atoms with Crippen molar-refractivity contribution in [3.8, 4) is 0 Å². The van der Waals surface area contributed by atoms with Crippen molar-refractivity contribution in [3.05, 3.63) is 29.3 Å². The molecule has 1 heterocycles. The maximum atomic E-state index is 12.8. The molecule has 1 atom stereocenters. The smallest absolute Gasteiger partial charge is 0.249 e. The lowest BCUT2D eigenvalue weighted by atomic mass is 10.1. The van der Waals surface area contributed by atoms with Crippen molar-refractivity contribution < 1.29 is 17.9 Å². The van der Waals surface area contributed by atoms with Crippen LogP contribution in [-0.4, -0.2) is 44.9 Å². The van der Waals surface area contributed by atoms with Gasteiger partial charge < -0.3 is 10.5 Å². The summed E-state index contributed by atoms with van der Waals surface area (Å²) in [4.78, 5) is 11.5. The van der Waals surface area contributed by atoms with Crippen LogP contribution < -0.4 is 5.73 Å². The van der Waals surface area contributed by atoms with Crippen molar-refractivity contribution in [2.75, 3.05) is 26.3 Å². The Labute approximate surface area is 131 Å². The number of nitrogens with zero attached hydrogens (tertiary/aromatic N) is 1. The van der Waals surface area contributed by atoms with Crippen LogP contribution in [0.3, 0.4) is 0 Å². The molecule has 7 heteroatoms. The minimum atomic E-state index is -3.64. The van der Waals surface area contributed by atoms with Gasteiger partial charge in [-0.3, -0.25) is 4.79 Å². The fraction of sp³-hybridized carbons (Fsp3) is 0.533. The number of hydrogen-bond acceptors (Lipinski definition) is 4. The molecule has 122 valence electrons. The fourth-order valence-corrected chi connectivity index (χ4v) is 4.14. The molecule has 1 amide bonds. The maximum Gasteiger partial charge on any atom is 0.249 e. The zero-order chi connectivity index (χ0) is 16.3. The van der Waals surface area contributed by atoms with Gasteiger partial charge >= 0.3 is 0 Å². The summed E-state index contributed by atoms with van der Waals surface area (Å²) >= 11 is 0. The molecule has 1 aromatic rings. The van der Waals surface area contributed by atoms with Gasteiger partial charge in [-0.05, 0) is 37.0 Å². The summed E-state index contributed by atoms with van der Waals surface area (Å²) in [7, 11) is -3.64. The van der Waals surface area contributed by atoms with Gasteiger partial charge in [-0.25, -0.2) is 8.42 Å². The molecular weight excluding hydrogens is 304 g/mol. The van der Waals surface area contributed by atoms with Crippen LogP contribution in [0.15, 0.2) is 23.1 Å². The van der Waals surface area contributed by atoms with E-state index in [4.69, 9.17) is 10.5 Å². The second-order valence-electron chi connectivity index (χ2n) is 5.53. The van der Waals surface area contributed by atoms with Crippen LogP contribution in [0.4, 0.5) is 0 Å². The van der Waals surface area contributed by atoms with E-state index in [9.17, 15) is 13.2 Å². The Balaban J connectivity index is 2.31. The van der Waals surface area contributed by atoms with E-state index in [-0.39, 0.29) is 16.4 Å². The monoisotopic (exact) mass is 326 g/mol. The lowest BCUT2D eigenvalue weighted by Crippen LogP contribution is -2.35. The Hall–Kier alpha value is -1.44. The third kappa shape index (κ3) is 3.48. The molecule has 0 aromatic heterocycles. The average Bonchev–Trinajstić information content (AvgIpc) is 2.97. The molecule has 1 saturated heterocycles. The highest BCUT2D eigenvalue weighted by atomic mass is 32.2. The zero-order valence-electron chi connectivity index (χ0n) is 12.9. The van der Waals surface area contributed by atoms with Crippen LogP contribution in [0.1, 0.15) is 29.3 Å². The van der Waals surface area contributed by atoms with Gasteiger partial charge in [0.05, 0.1) is 11.5 Å². The minimum Gasteiger partial charge on any atom is -0.381 e. The van der Waals surface area contributed by atoms with Crippen LogP contribution in [-0.2, 0) is 14.8 Å². The quantitative estimate of drug-likeness (QED) is 0.849. The van der Waals surface area contributed by atoms with E-state index in [0.717, 1.165) is 6.42 Å². The second-order valence-corrected chi connectivity index (χ2v) is 7.46. The molecule has 0 unspecified atom stereocenters. The molecule has 1 aliphatic rings. The Bertz CT molecular complexity index is 652. The molecule has 0 aliphatic carbocycles. The maximum absolute atomic E-state index is 12.8. The van der Waals surface area contributed by atoms with Crippen LogP contribution >= 0.6 is 0 Å². The normalized spacial score (nSPS) is 18.8. The summed E-state index contributed by atoms with van der Waals surface area (Å²) in [5.41, 5.74) is 6.21. The predicted molar refractivity (Wildman–Crippen MR) is 83.1 cm³/mol. The van der Waals surface area contributed by atoms with Gasteiger partial charge in [0.25, 0.3) is 0 Å². The van der Waals surface area contributed by atoms with E-state index in [1.54, 1.807) is 19.9 Å². The Morgan fingerprint density at radius 3 is 2.73 bits per heavy atom. The van der Waals surface area contributed by atoms with E-state index in [0.29, 0.717) is 31.9 Å². The number of hydrogen-bond donors (Lipinski definition) is 1. The Morgan fingerprint density at radius 1 is 1.45 bits per heavy atom. The van der Waals surface area contributed by atoms with Crippen molar-refractivity contribution in [1.29, 1.82) is 0 Å². The molecule has 6 nitrogen and oxygen atoms in total. The van der Waals surface area contributed by atoms with Gasteiger partial charge in [0.1, 0.15) is 0 Å². The molecule has 1 aliphatic heterocycles. The van der Waals surface area contributed by atoms with E-state index in [2.05, 4.69) is 0 Å². The van der Waals surface area contributed by atoms with Crippen LogP contribution in [0.25, 0.3) is 0 Å². The van der Waals surface area contributed by atoms with Crippen LogP contribution in [0.2, 0.25) is 0 Å². The van der Waals surface area contributed by atoms with Crippen molar-refractivity contribution in [2.45, 2.75) is 25.2 Å². The zero-order valence-corrected chi connectivity index (χ0v) is 13.7. The molecule has 1 aromatic carbocycles. The lowest BCUT2D eigenvalue weighted by molar-refractivity contribution is 0.0999. The molecule has 0 saturated carbocycles. The molecule has 0 spiro atoms. The highest BCUT2D eigenvalue weighted by molar-refractivity contribution is 7.89. The third-order valence-electron chi connectivity index (χ3n) is 3.95. The minimum absolute atomic E-state index is 0.104. The molecular formula is C15H22N2O4S. The summed E-state index contributed by atoms with van der Waals surface area (Å²) in [6.45, 7) is 5.60. The number of nitrogens with two attached hydrogens (primary N) is 1. The number of carbonyl (C=O) groups excluding carboxylic acids is 1. The van der Waals surface area contributed by atoms with Crippen molar-refractivity contribution >= 4 is 15.9 Å². The number of aryl methyl sites for hydroxylation is 1. The Kier molecular flexibility index (Phi) is 5.20. The SMILES string of the molecule is CCN(C[C@H]1CCOC1)S(=O)(=O)c1ccc(C)c(C(N)=O)c1. The highest BCUT2D eigenvalue weighted by Gasteiger charge is 2.28. The van der Waals surface area contributed by atoms with Gasteiger partial charge in [-0.15, -0.1) is 0 Å². The first-order valence-corrected chi connectivity index (χ1v) is 8.78. The fourth-order valence-electron chi connectivity index (χ4n) is 2.59. The van der Waals surface area contributed by atoms with Gasteiger partial charge in [-0.1, -0.05) is 13.0 Å². The van der Waals surface area contributed by atoms with Crippen LogP contribution in [0, 0.1) is 12.8 Å². The van der Waals surface area contributed by atoms with Gasteiger partial charge in [0.15, 0.2) is 0 Å². The van der Waals surface area contributed by atoms with Crippen LogP contribution in [0.5, 0.6) is 0 Å². The number of amides is 1. The number of ether oxygens (including phenoxy) is 1. The standard InChI is InChI=1S/C15H22N2O4S/c1-3-17(9-12-6-7-21-10-12)22(19,20)13-5-4-11(2)14(8-13)15(16)18/h4-5,8,12H,3,6-7,9-10H2,1-2H3,(H2,16,18)/t12-/m1/s1. The number of carbonyl (C=O) groups is 1. The van der Waals surface area contributed by atoms with Crippen molar-refractivity contribution in [3.63, 3.8) is 0 Å². The molecule has 22 heavy (non-hydrogen) atoms. The van der Waals surface area contributed by atoms with Gasteiger partial charge in [-0.2, -0.15) is 4.31 Å². The highest BCUT2D eigenvalue weighted by Crippen LogP contribution is 2.22. The van der Waals surface area contributed by atoms with E-state index < -0.39 is 15.9 Å². The number of sulfonamides is 1.